The van der Waals surface area contributed by atoms with Crippen LogP contribution in [0.4, 0.5) is 28.0 Å². The first-order valence-electron chi connectivity index (χ1n) is 15.9. The van der Waals surface area contributed by atoms with Gasteiger partial charge < -0.3 is 31.2 Å². The van der Waals surface area contributed by atoms with Gasteiger partial charge in [0.15, 0.2) is 0 Å². The highest BCUT2D eigenvalue weighted by Gasteiger charge is 2.31. The lowest BCUT2D eigenvalue weighted by Crippen LogP contribution is -2.49. The van der Waals surface area contributed by atoms with Crippen LogP contribution < -0.4 is 21.7 Å². The van der Waals surface area contributed by atoms with Crippen molar-refractivity contribution in [2.45, 2.75) is 49.9 Å². The van der Waals surface area contributed by atoms with Crippen molar-refractivity contribution in [3.05, 3.63) is 137 Å². The minimum atomic E-state index is -1.10. The van der Waals surface area contributed by atoms with Gasteiger partial charge in [-0.2, -0.15) is 0 Å². The molecule has 1 aliphatic rings. The van der Waals surface area contributed by atoms with E-state index in [4.69, 9.17) is 15.2 Å². The van der Waals surface area contributed by atoms with E-state index in [1.807, 2.05) is 0 Å². The third kappa shape index (κ3) is 9.58. The smallest absolute Gasteiger partial charge is 0.407 e. The fourth-order valence-corrected chi connectivity index (χ4v) is 5.85. The van der Waals surface area contributed by atoms with Crippen LogP contribution in [0.2, 0.25) is 0 Å². The molecule has 2 amide bonds. The van der Waals surface area contributed by atoms with E-state index < -0.39 is 41.4 Å². The normalized spacial score (nSPS) is 17.3. The Bertz CT molecular complexity index is 1650. The number of carbonyl (C=O) groups is 2. The predicted molar refractivity (Wildman–Crippen MR) is 177 cm³/mol. The highest BCUT2D eigenvalue weighted by molar-refractivity contribution is 5.85. The lowest BCUT2D eigenvalue weighted by Gasteiger charge is -2.31. The molecule has 5 N–H and O–H groups in total. The van der Waals surface area contributed by atoms with Gasteiger partial charge in [0.05, 0.1) is 24.8 Å². The number of halogens is 4. The van der Waals surface area contributed by atoms with Crippen LogP contribution in [0.25, 0.3) is 0 Å². The maximum atomic E-state index is 15.3. The van der Waals surface area contributed by atoms with Crippen molar-refractivity contribution < 1.29 is 36.6 Å². The average Bonchev–Trinajstić information content (AvgIpc) is 3.09. The molecule has 12 heteroatoms. The van der Waals surface area contributed by atoms with Crippen LogP contribution in [-0.4, -0.2) is 49.9 Å². The van der Waals surface area contributed by atoms with Gasteiger partial charge in [-0.1, -0.05) is 42.5 Å². The van der Waals surface area contributed by atoms with Crippen LogP contribution in [-0.2, 0) is 20.7 Å². The Labute approximate surface area is 282 Å². The number of ether oxygens (including phenoxy) is 2. The molecule has 4 atom stereocenters. The third-order valence-electron chi connectivity index (χ3n) is 8.53. The third-order valence-corrected chi connectivity index (χ3v) is 8.53. The first-order valence-corrected chi connectivity index (χ1v) is 15.9. The maximum Gasteiger partial charge on any atom is 0.407 e. The number of hydrogen-bond donors (Lipinski definition) is 4. The highest BCUT2D eigenvalue weighted by atomic mass is 19.1. The largest absolute Gasteiger partial charge is 0.448 e. The van der Waals surface area contributed by atoms with E-state index >= 15 is 4.39 Å². The Kier molecular flexibility index (Phi) is 11.9. The molecule has 49 heavy (non-hydrogen) atoms. The molecule has 5 rings (SSSR count). The van der Waals surface area contributed by atoms with E-state index in [0.717, 1.165) is 5.56 Å². The first kappa shape index (κ1) is 35.4. The Morgan fingerprint density at radius 2 is 1.45 bits per heavy atom. The number of anilines is 1. The van der Waals surface area contributed by atoms with Gasteiger partial charge >= 0.3 is 6.09 Å². The number of primary amides is 1. The zero-order chi connectivity index (χ0) is 34.9. The number of nitrogens with one attached hydrogen (secondary N) is 3. The first-order chi connectivity index (χ1) is 23.6. The topological polar surface area (TPSA) is 115 Å². The van der Waals surface area contributed by atoms with Gasteiger partial charge in [0.2, 0.25) is 5.91 Å². The molecule has 0 bridgehead atoms. The molecule has 0 unspecified atom stereocenters. The van der Waals surface area contributed by atoms with Gasteiger partial charge in [-0.25, -0.2) is 22.4 Å². The van der Waals surface area contributed by atoms with Crippen LogP contribution in [0.3, 0.4) is 0 Å². The molecule has 8 nitrogen and oxygen atoms in total. The quantitative estimate of drug-likeness (QED) is 0.127. The highest BCUT2D eigenvalue weighted by Crippen LogP contribution is 2.32. The predicted octanol–water partition coefficient (Wildman–Crippen LogP) is 6.12. The van der Waals surface area contributed by atoms with E-state index in [0.29, 0.717) is 35.3 Å². The summed E-state index contributed by atoms with van der Waals surface area (Å²) in [6.45, 7) is 2.52. The number of morpholine rings is 1. The molecular weight excluding hydrogens is 640 g/mol. The lowest BCUT2D eigenvalue weighted by molar-refractivity contribution is -0.119. The molecule has 258 valence electrons. The fraction of sp³-hybridized carbons (Fsp3) is 0.297. The van der Waals surface area contributed by atoms with Crippen molar-refractivity contribution in [3.8, 4) is 0 Å². The summed E-state index contributed by atoms with van der Waals surface area (Å²) in [5.74, 6) is -3.25. The molecule has 0 aromatic heterocycles. The van der Waals surface area contributed by atoms with Gasteiger partial charge in [0, 0.05) is 23.7 Å². The summed E-state index contributed by atoms with van der Waals surface area (Å²) in [7, 11) is 0. The molecule has 1 heterocycles. The minimum Gasteiger partial charge on any atom is -0.448 e. The second kappa shape index (κ2) is 16.4. The van der Waals surface area contributed by atoms with Crippen LogP contribution in [0, 0.1) is 23.3 Å². The number of alkyl carbamates (subject to hydrolysis) is 1. The summed E-state index contributed by atoms with van der Waals surface area (Å²) in [5.41, 5.74) is 8.42. The summed E-state index contributed by atoms with van der Waals surface area (Å²) in [5, 5.41) is 9.14. The van der Waals surface area contributed by atoms with Gasteiger partial charge in [0.1, 0.15) is 35.9 Å². The zero-order valence-corrected chi connectivity index (χ0v) is 26.8. The zero-order valence-electron chi connectivity index (χ0n) is 26.8. The molecule has 4 aromatic carbocycles. The van der Waals surface area contributed by atoms with Crippen molar-refractivity contribution in [1.29, 1.82) is 0 Å². The Hall–Kier alpha value is -4.94. The Balaban J connectivity index is 1.19. The standard InChI is InChI=1S/C37H38F4N4O4/c1-22(23-5-11-26(38)12-6-23)44-37(47)49-21-29-20-48-30(19-43-29)17-18-31-32(41)3-2-4-33(31)45-35(36(42)46)34(24-7-13-27(39)14-8-24)25-9-15-28(40)16-10-25/h2-16,22,29-30,34-35,43,45H,17-21H2,1H3,(H2,42,46)(H,44,47)/t22-,29-,30+,35-/m0/s1. The number of nitrogens with two attached hydrogens (primary N) is 1. The molecular formula is C37H38F4N4O4. The number of rotatable bonds is 13. The maximum absolute atomic E-state index is 15.3. The van der Waals surface area contributed by atoms with E-state index in [2.05, 4.69) is 16.0 Å². The number of carbonyl (C=O) groups excluding carboxylic acids is 2. The number of amides is 2. The summed E-state index contributed by atoms with van der Waals surface area (Å²) < 4.78 is 67.4. The molecule has 0 spiro atoms. The molecule has 0 radical (unpaired) electrons. The SMILES string of the molecule is C[C@H](NC(=O)OC[C@@H]1CO[C@H](CCc2c(F)cccc2N[C@H](C(N)=O)C(c2ccc(F)cc2)c2ccc(F)cc2)CN1)c1ccc(F)cc1. The second-order valence-corrected chi connectivity index (χ2v) is 12.0. The van der Waals surface area contributed by atoms with Gasteiger partial charge in [-0.3, -0.25) is 4.79 Å². The monoisotopic (exact) mass is 678 g/mol. The lowest BCUT2D eigenvalue weighted by atomic mass is 9.84. The van der Waals surface area contributed by atoms with Crippen molar-refractivity contribution in [2.24, 2.45) is 5.73 Å². The fourth-order valence-electron chi connectivity index (χ4n) is 5.85. The molecule has 0 saturated carbocycles. The second-order valence-electron chi connectivity index (χ2n) is 12.0. The van der Waals surface area contributed by atoms with Crippen LogP contribution >= 0.6 is 0 Å². The van der Waals surface area contributed by atoms with E-state index in [-0.39, 0.29) is 43.6 Å². The summed E-state index contributed by atoms with van der Waals surface area (Å²) in [6.07, 6.45) is -0.188. The molecule has 1 aliphatic heterocycles. The summed E-state index contributed by atoms with van der Waals surface area (Å²) in [6, 6.07) is 19.8. The van der Waals surface area contributed by atoms with E-state index in [1.54, 1.807) is 25.1 Å². The van der Waals surface area contributed by atoms with Gasteiger partial charge in [-0.05, 0) is 85.0 Å². The van der Waals surface area contributed by atoms with Crippen molar-refractivity contribution in [1.82, 2.24) is 10.6 Å². The summed E-state index contributed by atoms with van der Waals surface area (Å²) >= 11 is 0. The van der Waals surface area contributed by atoms with Crippen molar-refractivity contribution in [2.75, 3.05) is 25.1 Å². The number of benzene rings is 4. The van der Waals surface area contributed by atoms with Crippen LogP contribution in [0.1, 0.15) is 47.6 Å². The average molecular weight is 679 g/mol. The minimum absolute atomic E-state index is 0.0633. The molecule has 1 saturated heterocycles. The van der Waals surface area contributed by atoms with Crippen LogP contribution in [0.15, 0.2) is 91.0 Å². The van der Waals surface area contributed by atoms with E-state index in [1.165, 1.54) is 72.8 Å². The van der Waals surface area contributed by atoms with Gasteiger partial charge in [0.25, 0.3) is 0 Å². The van der Waals surface area contributed by atoms with Gasteiger partial charge in [-0.15, -0.1) is 0 Å². The number of hydrogen-bond acceptors (Lipinski definition) is 6. The van der Waals surface area contributed by atoms with Crippen molar-refractivity contribution in [3.63, 3.8) is 0 Å². The molecule has 0 aliphatic carbocycles. The van der Waals surface area contributed by atoms with E-state index in [9.17, 15) is 22.8 Å². The summed E-state index contributed by atoms with van der Waals surface area (Å²) in [4.78, 5) is 25.2. The molecule has 1 fully saturated rings. The molecule has 4 aromatic rings. The van der Waals surface area contributed by atoms with Crippen LogP contribution in [0.5, 0.6) is 0 Å². The Morgan fingerprint density at radius 1 is 0.878 bits per heavy atom. The van der Waals surface area contributed by atoms with Crippen molar-refractivity contribution >= 4 is 17.7 Å². The Morgan fingerprint density at radius 3 is 1.98 bits per heavy atom.